The van der Waals surface area contributed by atoms with Crippen LogP contribution in [0.2, 0.25) is 0 Å². The van der Waals surface area contributed by atoms with Crippen LogP contribution in [-0.4, -0.2) is 62.5 Å². The topological polar surface area (TPSA) is 66.3 Å². The van der Waals surface area contributed by atoms with Crippen LogP contribution in [0, 0.1) is 0 Å². The normalized spacial score (nSPS) is 18.5. The monoisotopic (exact) mass is 421 g/mol. The second kappa shape index (κ2) is 8.81. The Morgan fingerprint density at radius 1 is 1.10 bits per heavy atom. The summed E-state index contributed by atoms with van der Waals surface area (Å²) in [6, 6.07) is 16.9. The minimum atomic E-state index is -0.483. The molecule has 0 bridgehead atoms. The first-order valence-electron chi connectivity index (χ1n) is 10.6. The molecule has 7 nitrogen and oxygen atoms in total. The lowest BCUT2D eigenvalue weighted by Crippen LogP contribution is -3.06. The Balaban J connectivity index is 1.57. The third kappa shape index (κ3) is 4.41. The molecule has 0 saturated carbocycles. The number of likely N-dealkylation sites (N-methyl/N-ethyl adjacent to an activating group) is 2. The van der Waals surface area contributed by atoms with Crippen molar-refractivity contribution in [3.05, 3.63) is 77.0 Å². The summed E-state index contributed by atoms with van der Waals surface area (Å²) in [5.41, 5.74) is 3.35. The standard InChI is InChI=1S/C24H28N4O3/c1-26(2)12-13-28-15-20-21(23(28)29)22(25-24(30)27(20)3)18-10-7-11-19(14-18)31-16-17-8-5-4-6-9-17/h4-11,14,22H,12-13,15-16H2,1-3H3,(H,25,30)/p+1/t22-/m0/s1. The predicted molar refractivity (Wildman–Crippen MR) is 118 cm³/mol. The van der Waals surface area contributed by atoms with Crippen LogP contribution in [0.15, 0.2) is 65.9 Å². The van der Waals surface area contributed by atoms with Crippen LogP contribution in [-0.2, 0) is 11.4 Å². The Hall–Kier alpha value is -3.32. The smallest absolute Gasteiger partial charge is 0.322 e. The highest BCUT2D eigenvalue weighted by atomic mass is 16.5. The van der Waals surface area contributed by atoms with Gasteiger partial charge in [0.05, 0.1) is 51.0 Å². The van der Waals surface area contributed by atoms with Gasteiger partial charge in [0.15, 0.2) is 0 Å². The van der Waals surface area contributed by atoms with E-state index in [-0.39, 0.29) is 11.9 Å². The second-order valence-electron chi connectivity index (χ2n) is 8.33. The number of hydrogen-bond acceptors (Lipinski definition) is 3. The average molecular weight is 422 g/mol. The summed E-state index contributed by atoms with van der Waals surface area (Å²) in [4.78, 5) is 30.5. The molecule has 7 heteroatoms. The van der Waals surface area contributed by atoms with Gasteiger partial charge in [0.25, 0.3) is 5.91 Å². The maximum Gasteiger partial charge on any atom is 0.322 e. The highest BCUT2D eigenvalue weighted by Crippen LogP contribution is 2.36. The molecule has 2 aromatic carbocycles. The first-order valence-corrected chi connectivity index (χ1v) is 10.6. The third-order valence-corrected chi connectivity index (χ3v) is 5.76. The van der Waals surface area contributed by atoms with Gasteiger partial charge in [-0.1, -0.05) is 42.5 Å². The summed E-state index contributed by atoms with van der Waals surface area (Å²) >= 11 is 0. The molecular weight excluding hydrogens is 392 g/mol. The van der Waals surface area contributed by atoms with Crippen molar-refractivity contribution in [2.24, 2.45) is 0 Å². The number of quaternary nitrogens is 1. The number of nitrogens with zero attached hydrogens (tertiary/aromatic N) is 2. The highest BCUT2D eigenvalue weighted by Gasteiger charge is 2.42. The lowest BCUT2D eigenvalue weighted by Gasteiger charge is -2.31. The molecule has 162 valence electrons. The molecule has 31 heavy (non-hydrogen) atoms. The predicted octanol–water partition coefficient (Wildman–Crippen LogP) is 1.20. The maximum atomic E-state index is 13.2. The van der Waals surface area contributed by atoms with E-state index in [2.05, 4.69) is 19.4 Å². The third-order valence-electron chi connectivity index (χ3n) is 5.76. The SMILES string of the molecule is CN1C(=O)N[C@@H](c2cccc(OCc3ccccc3)c2)C2=C1CN(CC[NH+](C)C)C2=O. The fraction of sp³-hybridized carbons (Fsp3) is 0.333. The van der Waals surface area contributed by atoms with Gasteiger partial charge >= 0.3 is 6.03 Å². The molecule has 3 amide bonds. The first-order chi connectivity index (χ1) is 14.9. The lowest BCUT2D eigenvalue weighted by molar-refractivity contribution is -0.857. The van der Waals surface area contributed by atoms with Gasteiger partial charge < -0.3 is 19.9 Å². The van der Waals surface area contributed by atoms with Crippen molar-refractivity contribution in [1.82, 2.24) is 15.1 Å². The molecule has 0 radical (unpaired) electrons. The van der Waals surface area contributed by atoms with Gasteiger partial charge in [0.2, 0.25) is 0 Å². The molecule has 0 saturated heterocycles. The van der Waals surface area contributed by atoms with Crippen LogP contribution in [0.5, 0.6) is 5.75 Å². The summed E-state index contributed by atoms with van der Waals surface area (Å²) in [5, 5.41) is 2.99. The molecule has 0 fully saturated rings. The molecule has 0 unspecified atom stereocenters. The van der Waals surface area contributed by atoms with Gasteiger partial charge in [0.1, 0.15) is 12.4 Å². The molecule has 2 aromatic rings. The molecule has 2 heterocycles. The lowest BCUT2D eigenvalue weighted by atomic mass is 9.95. The number of urea groups is 1. The summed E-state index contributed by atoms with van der Waals surface area (Å²) in [5.74, 6) is 0.693. The Labute approximate surface area is 182 Å². The van der Waals surface area contributed by atoms with E-state index in [9.17, 15) is 9.59 Å². The first kappa shape index (κ1) is 20.9. The van der Waals surface area contributed by atoms with Crippen LogP contribution >= 0.6 is 0 Å². The molecule has 2 aliphatic heterocycles. The van der Waals surface area contributed by atoms with Crippen molar-refractivity contribution < 1.29 is 19.2 Å². The number of ether oxygens (including phenoxy) is 1. The summed E-state index contributed by atoms with van der Waals surface area (Å²) in [6.45, 7) is 2.43. The molecule has 0 spiro atoms. The number of carbonyl (C=O) groups excluding carboxylic acids is 2. The fourth-order valence-corrected chi connectivity index (χ4v) is 3.94. The molecule has 4 rings (SSSR count). The summed E-state index contributed by atoms with van der Waals surface area (Å²) in [6.07, 6.45) is 0. The van der Waals surface area contributed by atoms with Gasteiger partial charge in [-0.2, -0.15) is 0 Å². The van der Waals surface area contributed by atoms with Crippen molar-refractivity contribution >= 4 is 11.9 Å². The van der Waals surface area contributed by atoms with Crippen molar-refractivity contribution in [2.45, 2.75) is 12.6 Å². The van der Waals surface area contributed by atoms with Crippen molar-refractivity contribution in [2.75, 3.05) is 40.8 Å². The van der Waals surface area contributed by atoms with E-state index < -0.39 is 6.04 Å². The fourth-order valence-electron chi connectivity index (χ4n) is 3.94. The van der Waals surface area contributed by atoms with Crippen LogP contribution in [0.1, 0.15) is 17.2 Å². The molecule has 1 atom stereocenters. The number of carbonyl (C=O) groups is 2. The van der Waals surface area contributed by atoms with Crippen LogP contribution in [0.25, 0.3) is 0 Å². The Morgan fingerprint density at radius 3 is 2.61 bits per heavy atom. The minimum Gasteiger partial charge on any atom is -0.489 e. The minimum absolute atomic E-state index is 0.0105. The van der Waals surface area contributed by atoms with E-state index in [1.807, 2.05) is 59.5 Å². The number of nitrogens with one attached hydrogen (secondary N) is 2. The maximum absolute atomic E-state index is 13.2. The van der Waals surface area contributed by atoms with E-state index in [1.54, 1.807) is 11.9 Å². The van der Waals surface area contributed by atoms with Crippen molar-refractivity contribution in [3.63, 3.8) is 0 Å². The molecule has 2 N–H and O–H groups in total. The number of rotatable bonds is 7. The van der Waals surface area contributed by atoms with Crippen molar-refractivity contribution in [3.8, 4) is 5.75 Å². The number of amides is 3. The van der Waals surface area contributed by atoms with Gasteiger partial charge in [-0.15, -0.1) is 0 Å². The van der Waals surface area contributed by atoms with E-state index in [1.165, 1.54) is 4.90 Å². The van der Waals surface area contributed by atoms with Crippen LogP contribution < -0.4 is 15.0 Å². The molecular formula is C24H29N4O3+. The Kier molecular flexibility index (Phi) is 5.95. The van der Waals surface area contributed by atoms with Gasteiger partial charge in [-0.25, -0.2) is 4.79 Å². The largest absolute Gasteiger partial charge is 0.489 e. The van der Waals surface area contributed by atoms with Gasteiger partial charge in [-0.05, 0) is 23.3 Å². The molecule has 2 aliphatic rings. The zero-order valence-electron chi connectivity index (χ0n) is 18.2. The number of hydrogen-bond donors (Lipinski definition) is 2. The molecule has 0 aliphatic carbocycles. The molecule has 0 aromatic heterocycles. The van der Waals surface area contributed by atoms with E-state index in [0.717, 1.165) is 23.4 Å². The van der Waals surface area contributed by atoms with Gasteiger partial charge in [-0.3, -0.25) is 9.69 Å². The Bertz CT molecular complexity index is 1000. The highest BCUT2D eigenvalue weighted by molar-refractivity contribution is 6.01. The Morgan fingerprint density at radius 2 is 1.87 bits per heavy atom. The van der Waals surface area contributed by atoms with Crippen LogP contribution in [0.3, 0.4) is 0 Å². The van der Waals surface area contributed by atoms with E-state index in [0.29, 0.717) is 31.0 Å². The van der Waals surface area contributed by atoms with Gasteiger partial charge in [0, 0.05) is 7.05 Å². The summed E-state index contributed by atoms with van der Waals surface area (Å²) in [7, 11) is 5.85. The zero-order valence-corrected chi connectivity index (χ0v) is 18.2. The summed E-state index contributed by atoms with van der Waals surface area (Å²) < 4.78 is 5.96. The van der Waals surface area contributed by atoms with E-state index >= 15 is 0 Å². The van der Waals surface area contributed by atoms with E-state index in [4.69, 9.17) is 4.74 Å². The zero-order chi connectivity index (χ0) is 22.0. The quantitative estimate of drug-likeness (QED) is 0.706. The van der Waals surface area contributed by atoms with Crippen molar-refractivity contribution in [1.29, 1.82) is 0 Å². The number of benzene rings is 2. The van der Waals surface area contributed by atoms with Crippen LogP contribution in [0.4, 0.5) is 4.79 Å². The second-order valence-corrected chi connectivity index (χ2v) is 8.33. The average Bonchev–Trinajstić information content (AvgIpc) is 3.11.